The predicted molar refractivity (Wildman–Crippen MR) is 109 cm³/mol. The number of nitrogens with zero attached hydrogens (tertiary/aromatic N) is 2. The Morgan fingerprint density at radius 2 is 1.56 bits per heavy atom. The number of rotatable bonds is 3. The third-order valence-corrected chi connectivity index (χ3v) is 5.80. The SMILES string of the molecule is N#CC1=C(N)NC(Sc2ccccc2N)=C(C#N)[C@@H]1c1c(Cl)cccc1Cl. The largest absolute Gasteiger partial charge is 0.398 e. The summed E-state index contributed by atoms with van der Waals surface area (Å²) in [7, 11) is 0. The lowest BCUT2D eigenvalue weighted by Crippen LogP contribution is -2.29. The highest BCUT2D eigenvalue weighted by Gasteiger charge is 2.34. The van der Waals surface area contributed by atoms with Crippen molar-refractivity contribution in [3.8, 4) is 12.1 Å². The van der Waals surface area contributed by atoms with Gasteiger partial charge in [-0.05, 0) is 24.3 Å². The molecule has 1 atom stereocenters. The lowest BCUT2D eigenvalue weighted by Gasteiger charge is -2.28. The van der Waals surface area contributed by atoms with Crippen LogP contribution in [0.25, 0.3) is 0 Å². The van der Waals surface area contributed by atoms with E-state index < -0.39 is 5.92 Å². The molecule has 2 aromatic carbocycles. The van der Waals surface area contributed by atoms with E-state index in [9.17, 15) is 10.5 Å². The first-order valence-electron chi connectivity index (χ1n) is 7.75. The third-order valence-electron chi connectivity index (χ3n) is 4.02. The predicted octanol–water partition coefficient (Wildman–Crippen LogP) is 4.48. The van der Waals surface area contributed by atoms with Crippen molar-refractivity contribution in [2.45, 2.75) is 10.8 Å². The second-order valence-electron chi connectivity index (χ2n) is 5.63. The standard InChI is InChI=1S/C19H13Cl2N5S/c20-12-4-3-5-13(21)17(12)16-10(8-22)18(25)26-19(11(16)9-23)27-15-7-2-1-6-14(15)24/h1-7,16,26H,24-25H2/t16-/m1/s1. The van der Waals surface area contributed by atoms with Gasteiger partial charge in [0.25, 0.3) is 0 Å². The molecule has 8 heteroatoms. The zero-order valence-corrected chi connectivity index (χ0v) is 16.2. The average Bonchev–Trinajstić information content (AvgIpc) is 2.63. The monoisotopic (exact) mass is 413 g/mol. The zero-order valence-electron chi connectivity index (χ0n) is 13.8. The fourth-order valence-corrected chi connectivity index (χ4v) is 4.37. The minimum Gasteiger partial charge on any atom is -0.398 e. The Balaban J connectivity index is 2.20. The lowest BCUT2D eigenvalue weighted by molar-refractivity contribution is 0.840. The Morgan fingerprint density at radius 1 is 0.926 bits per heavy atom. The highest BCUT2D eigenvalue weighted by atomic mass is 35.5. The first-order valence-corrected chi connectivity index (χ1v) is 9.32. The second-order valence-corrected chi connectivity index (χ2v) is 7.49. The van der Waals surface area contributed by atoms with Crippen molar-refractivity contribution in [2.24, 2.45) is 5.73 Å². The van der Waals surface area contributed by atoms with Gasteiger partial charge in [-0.3, -0.25) is 0 Å². The molecule has 0 aliphatic carbocycles. The molecule has 3 rings (SSSR count). The highest BCUT2D eigenvalue weighted by molar-refractivity contribution is 8.03. The zero-order chi connectivity index (χ0) is 19.6. The molecule has 0 saturated carbocycles. The molecule has 0 saturated heterocycles. The van der Waals surface area contributed by atoms with E-state index in [0.717, 1.165) is 4.90 Å². The summed E-state index contributed by atoms with van der Waals surface area (Å²) in [6.07, 6.45) is 0. The van der Waals surface area contributed by atoms with Crippen molar-refractivity contribution in [1.29, 1.82) is 10.5 Å². The van der Waals surface area contributed by atoms with Crippen LogP contribution in [0, 0.1) is 22.7 Å². The van der Waals surface area contributed by atoms with Gasteiger partial charge in [0.05, 0.1) is 34.2 Å². The fourth-order valence-electron chi connectivity index (χ4n) is 2.77. The molecule has 0 aromatic heterocycles. The Hall–Kier alpha value is -2.77. The van der Waals surface area contributed by atoms with E-state index in [0.29, 0.717) is 31.9 Å². The van der Waals surface area contributed by atoms with Crippen LogP contribution in [-0.2, 0) is 0 Å². The number of halogens is 2. The van der Waals surface area contributed by atoms with Gasteiger partial charge in [-0.25, -0.2) is 0 Å². The molecule has 0 bridgehead atoms. The van der Waals surface area contributed by atoms with Crippen molar-refractivity contribution in [3.63, 3.8) is 0 Å². The molecular formula is C19H13Cl2N5S. The average molecular weight is 414 g/mol. The van der Waals surface area contributed by atoms with E-state index in [1.54, 1.807) is 24.3 Å². The second kappa shape index (κ2) is 7.85. The summed E-state index contributed by atoms with van der Waals surface area (Å²) in [5.74, 6) is -0.621. The first kappa shape index (κ1) is 19.0. The van der Waals surface area contributed by atoms with E-state index in [4.69, 9.17) is 34.7 Å². The number of benzene rings is 2. The van der Waals surface area contributed by atoms with Crippen LogP contribution >= 0.6 is 35.0 Å². The molecule has 134 valence electrons. The molecule has 0 amide bonds. The van der Waals surface area contributed by atoms with Gasteiger partial charge in [0.15, 0.2) is 0 Å². The Labute approximate surface area is 170 Å². The maximum Gasteiger partial charge on any atom is 0.116 e. The molecule has 1 aliphatic heterocycles. The summed E-state index contributed by atoms with van der Waals surface area (Å²) in [6, 6.07) is 16.5. The molecular weight excluding hydrogens is 401 g/mol. The van der Waals surface area contributed by atoms with E-state index >= 15 is 0 Å². The van der Waals surface area contributed by atoms with Crippen LogP contribution in [0.4, 0.5) is 5.69 Å². The number of nitrogens with two attached hydrogens (primary N) is 2. The summed E-state index contributed by atoms with van der Waals surface area (Å²) in [6.45, 7) is 0. The van der Waals surface area contributed by atoms with Crippen LogP contribution in [0.3, 0.4) is 0 Å². The number of para-hydroxylation sites is 1. The number of nitrogens with one attached hydrogen (secondary N) is 1. The normalized spacial score (nSPS) is 16.5. The van der Waals surface area contributed by atoms with Crippen LogP contribution in [0.15, 0.2) is 69.4 Å². The molecule has 1 aliphatic rings. The molecule has 2 aromatic rings. The number of nitrogen functional groups attached to an aromatic ring is 1. The van der Waals surface area contributed by atoms with E-state index in [2.05, 4.69) is 17.5 Å². The quantitative estimate of drug-likeness (QED) is 0.639. The van der Waals surface area contributed by atoms with Crippen molar-refractivity contribution in [3.05, 3.63) is 80.1 Å². The van der Waals surface area contributed by atoms with Gasteiger partial charge in [0.1, 0.15) is 5.82 Å². The van der Waals surface area contributed by atoms with E-state index in [1.807, 2.05) is 18.2 Å². The van der Waals surface area contributed by atoms with Crippen molar-refractivity contribution in [1.82, 2.24) is 5.32 Å². The topological polar surface area (TPSA) is 112 Å². The molecule has 0 unspecified atom stereocenters. The summed E-state index contributed by atoms with van der Waals surface area (Å²) in [4.78, 5) is 0.755. The van der Waals surface area contributed by atoms with Crippen LogP contribution in [0.2, 0.25) is 10.0 Å². The van der Waals surface area contributed by atoms with Crippen LogP contribution in [0.1, 0.15) is 11.5 Å². The van der Waals surface area contributed by atoms with E-state index in [1.165, 1.54) is 11.8 Å². The van der Waals surface area contributed by atoms with Crippen LogP contribution < -0.4 is 16.8 Å². The number of dihydropyridines is 1. The van der Waals surface area contributed by atoms with Crippen LogP contribution in [0.5, 0.6) is 0 Å². The number of nitriles is 2. The molecule has 1 heterocycles. The van der Waals surface area contributed by atoms with Gasteiger partial charge in [-0.15, -0.1) is 0 Å². The maximum absolute atomic E-state index is 9.87. The summed E-state index contributed by atoms with van der Waals surface area (Å²) < 4.78 is 0. The molecule has 5 N–H and O–H groups in total. The number of hydrogen-bond acceptors (Lipinski definition) is 6. The minimum absolute atomic E-state index is 0.148. The highest BCUT2D eigenvalue weighted by Crippen LogP contribution is 2.46. The van der Waals surface area contributed by atoms with Crippen molar-refractivity contribution < 1.29 is 0 Å². The van der Waals surface area contributed by atoms with Gasteiger partial charge < -0.3 is 16.8 Å². The molecule has 0 radical (unpaired) electrons. The summed E-state index contributed by atoms with van der Waals surface area (Å²) in [5.41, 5.74) is 13.6. The van der Waals surface area contributed by atoms with Gasteiger partial charge >= 0.3 is 0 Å². The van der Waals surface area contributed by atoms with Gasteiger partial charge in [0, 0.05) is 26.2 Å². The lowest BCUT2D eigenvalue weighted by atomic mass is 9.84. The van der Waals surface area contributed by atoms with Crippen molar-refractivity contribution in [2.75, 3.05) is 5.73 Å². The van der Waals surface area contributed by atoms with E-state index in [-0.39, 0.29) is 11.4 Å². The van der Waals surface area contributed by atoms with Gasteiger partial charge in [-0.1, -0.05) is 53.2 Å². The summed E-state index contributed by atoms with van der Waals surface area (Å²) >= 11 is 14.0. The fraction of sp³-hybridized carbons (Fsp3) is 0.0526. The number of allylic oxidation sites excluding steroid dienone is 2. The number of thioether (sulfide) groups is 1. The maximum atomic E-state index is 9.87. The van der Waals surface area contributed by atoms with Crippen LogP contribution in [-0.4, -0.2) is 0 Å². The van der Waals surface area contributed by atoms with Gasteiger partial charge in [0.2, 0.25) is 0 Å². The molecule has 0 spiro atoms. The Kier molecular flexibility index (Phi) is 5.53. The van der Waals surface area contributed by atoms with Gasteiger partial charge in [-0.2, -0.15) is 10.5 Å². The molecule has 5 nitrogen and oxygen atoms in total. The van der Waals surface area contributed by atoms with Crippen molar-refractivity contribution >= 4 is 40.7 Å². The Bertz CT molecular complexity index is 1040. The molecule has 27 heavy (non-hydrogen) atoms. The molecule has 0 fully saturated rings. The smallest absolute Gasteiger partial charge is 0.116 e. The summed E-state index contributed by atoms with van der Waals surface area (Å²) in [5, 5.41) is 23.6. The number of hydrogen-bond donors (Lipinski definition) is 3. The first-order chi connectivity index (χ1) is 13.0. The Morgan fingerprint density at radius 3 is 2.15 bits per heavy atom. The minimum atomic E-state index is -0.769. The number of anilines is 1. The third kappa shape index (κ3) is 3.56.